The van der Waals surface area contributed by atoms with Gasteiger partial charge in [-0.3, -0.25) is 14.9 Å². The summed E-state index contributed by atoms with van der Waals surface area (Å²) >= 11 is 0. The molecular formula is C18H28NO3. The minimum atomic E-state index is -0.301. The van der Waals surface area contributed by atoms with Crippen LogP contribution in [0.2, 0.25) is 0 Å². The van der Waals surface area contributed by atoms with Crippen molar-refractivity contribution in [3.8, 4) is 0 Å². The van der Waals surface area contributed by atoms with Gasteiger partial charge in [0, 0.05) is 6.42 Å². The van der Waals surface area contributed by atoms with E-state index in [1.54, 1.807) is 6.08 Å². The van der Waals surface area contributed by atoms with Crippen LogP contribution in [0.5, 0.6) is 0 Å². The molecule has 0 aliphatic heterocycles. The van der Waals surface area contributed by atoms with Crippen LogP contribution < -0.4 is 0 Å². The van der Waals surface area contributed by atoms with Gasteiger partial charge in [0.25, 0.3) is 0 Å². The van der Waals surface area contributed by atoms with Crippen LogP contribution in [0, 0.1) is 10.1 Å². The van der Waals surface area contributed by atoms with E-state index < -0.39 is 0 Å². The zero-order valence-electron chi connectivity index (χ0n) is 13.6. The summed E-state index contributed by atoms with van der Waals surface area (Å²) in [4.78, 5) is 20.7. The van der Waals surface area contributed by atoms with Crippen molar-refractivity contribution in [2.75, 3.05) is 0 Å². The Balaban J connectivity index is 3.97. The normalized spacial score (nSPS) is 12.3. The van der Waals surface area contributed by atoms with Crippen LogP contribution in [0.3, 0.4) is 0 Å². The van der Waals surface area contributed by atoms with E-state index in [4.69, 9.17) is 0 Å². The number of hydrogen-bond acceptors (Lipinski definition) is 3. The highest BCUT2D eigenvalue weighted by molar-refractivity contribution is 5.50. The predicted molar refractivity (Wildman–Crippen MR) is 90.9 cm³/mol. The van der Waals surface area contributed by atoms with Crippen LogP contribution in [-0.4, -0.2) is 11.2 Å². The van der Waals surface area contributed by atoms with Crippen LogP contribution in [0.1, 0.15) is 71.1 Å². The highest BCUT2D eigenvalue weighted by Gasteiger charge is 2.06. The maximum Gasteiger partial charge on any atom is 0.246 e. The fourth-order valence-electron chi connectivity index (χ4n) is 1.94. The Hall–Kier alpha value is -1.71. The molecule has 0 aromatic carbocycles. The monoisotopic (exact) mass is 306 g/mol. The maximum atomic E-state index is 10.9. The van der Waals surface area contributed by atoms with E-state index in [1.165, 1.54) is 12.8 Å². The first kappa shape index (κ1) is 20.3. The van der Waals surface area contributed by atoms with E-state index in [1.807, 2.05) is 30.6 Å². The Morgan fingerprint density at radius 1 is 1.05 bits per heavy atom. The third kappa shape index (κ3) is 13.3. The largest absolute Gasteiger partial charge is 0.291 e. The SMILES string of the molecule is CCCCC/C=C/C/C(=C/C/C=C/CCCC[C]=O)[N+](=O)[O-]. The average molecular weight is 306 g/mol. The van der Waals surface area contributed by atoms with Gasteiger partial charge in [0.2, 0.25) is 5.70 Å². The quantitative estimate of drug-likeness (QED) is 0.189. The van der Waals surface area contributed by atoms with Crippen LogP contribution in [0.15, 0.2) is 36.1 Å². The molecule has 1 radical (unpaired) electrons. The maximum absolute atomic E-state index is 10.9. The molecule has 0 N–H and O–H groups in total. The number of hydrogen-bond donors (Lipinski definition) is 0. The van der Waals surface area contributed by atoms with Crippen molar-refractivity contribution in [3.05, 3.63) is 46.2 Å². The zero-order valence-corrected chi connectivity index (χ0v) is 13.6. The molecule has 22 heavy (non-hydrogen) atoms. The fourth-order valence-corrected chi connectivity index (χ4v) is 1.94. The molecule has 0 aromatic heterocycles. The summed E-state index contributed by atoms with van der Waals surface area (Å²) in [7, 11) is 0. The van der Waals surface area contributed by atoms with Crippen molar-refractivity contribution >= 4 is 6.29 Å². The van der Waals surface area contributed by atoms with Gasteiger partial charge >= 0.3 is 0 Å². The van der Waals surface area contributed by atoms with E-state index in [0.29, 0.717) is 19.3 Å². The van der Waals surface area contributed by atoms with Gasteiger partial charge in [-0.25, -0.2) is 0 Å². The second-order valence-electron chi connectivity index (χ2n) is 5.22. The van der Waals surface area contributed by atoms with Gasteiger partial charge in [-0.05, 0) is 44.6 Å². The summed E-state index contributed by atoms with van der Waals surface area (Å²) in [6, 6.07) is 0. The van der Waals surface area contributed by atoms with Gasteiger partial charge in [-0.1, -0.05) is 44.1 Å². The number of carbonyl (C=O) groups excluding carboxylic acids is 1. The van der Waals surface area contributed by atoms with Crippen molar-refractivity contribution in [3.63, 3.8) is 0 Å². The molecule has 123 valence electrons. The number of unbranched alkanes of at least 4 members (excludes halogenated alkanes) is 6. The smallest absolute Gasteiger partial charge is 0.246 e. The number of nitro groups is 1. The lowest BCUT2D eigenvalue weighted by Crippen LogP contribution is -1.97. The second kappa shape index (κ2) is 15.7. The molecule has 0 spiro atoms. The third-order valence-corrected chi connectivity index (χ3v) is 3.26. The Kier molecular flexibility index (Phi) is 14.5. The minimum absolute atomic E-state index is 0.256. The average Bonchev–Trinajstić information content (AvgIpc) is 2.50. The molecule has 0 fully saturated rings. The van der Waals surface area contributed by atoms with Crippen molar-refractivity contribution in [2.24, 2.45) is 0 Å². The number of allylic oxidation sites excluding steroid dienone is 5. The lowest BCUT2D eigenvalue weighted by atomic mass is 10.1. The highest BCUT2D eigenvalue weighted by atomic mass is 16.6. The van der Waals surface area contributed by atoms with Crippen LogP contribution in [-0.2, 0) is 4.79 Å². The van der Waals surface area contributed by atoms with Gasteiger partial charge < -0.3 is 0 Å². The Labute approximate surface area is 134 Å². The minimum Gasteiger partial charge on any atom is -0.291 e. The van der Waals surface area contributed by atoms with E-state index in [0.717, 1.165) is 32.1 Å². The lowest BCUT2D eigenvalue weighted by molar-refractivity contribution is -0.427. The second-order valence-corrected chi connectivity index (χ2v) is 5.22. The van der Waals surface area contributed by atoms with Crippen LogP contribution in [0.25, 0.3) is 0 Å². The first-order valence-electron chi connectivity index (χ1n) is 8.20. The topological polar surface area (TPSA) is 60.2 Å². The van der Waals surface area contributed by atoms with Gasteiger partial charge in [0.1, 0.15) is 0 Å². The first-order valence-corrected chi connectivity index (χ1v) is 8.20. The molecule has 0 atom stereocenters. The Morgan fingerprint density at radius 3 is 2.36 bits per heavy atom. The summed E-state index contributed by atoms with van der Waals surface area (Å²) in [5.41, 5.74) is 0.256. The van der Waals surface area contributed by atoms with Gasteiger partial charge in [0.15, 0.2) is 6.29 Å². The van der Waals surface area contributed by atoms with Gasteiger partial charge in [-0.2, -0.15) is 0 Å². The van der Waals surface area contributed by atoms with Crippen molar-refractivity contribution in [1.82, 2.24) is 0 Å². The van der Waals surface area contributed by atoms with E-state index in [9.17, 15) is 14.9 Å². The Bertz CT molecular complexity index is 384. The molecule has 0 bridgehead atoms. The molecule has 0 aliphatic carbocycles. The molecule has 0 unspecified atom stereocenters. The molecule has 0 aromatic rings. The molecular weight excluding hydrogens is 278 g/mol. The molecule has 4 nitrogen and oxygen atoms in total. The fraction of sp³-hybridized carbons (Fsp3) is 0.611. The lowest BCUT2D eigenvalue weighted by Gasteiger charge is -1.95. The van der Waals surface area contributed by atoms with Gasteiger partial charge in [0.05, 0.1) is 11.3 Å². The predicted octanol–water partition coefficient (Wildman–Crippen LogP) is 5.29. The van der Waals surface area contributed by atoms with E-state index in [2.05, 4.69) is 6.92 Å². The van der Waals surface area contributed by atoms with Crippen molar-refractivity contribution < 1.29 is 9.72 Å². The van der Waals surface area contributed by atoms with Crippen LogP contribution >= 0.6 is 0 Å². The highest BCUT2D eigenvalue weighted by Crippen LogP contribution is 2.08. The van der Waals surface area contributed by atoms with Crippen molar-refractivity contribution in [2.45, 2.75) is 71.1 Å². The van der Waals surface area contributed by atoms with E-state index in [-0.39, 0.29) is 10.6 Å². The summed E-state index contributed by atoms with van der Waals surface area (Å²) in [5, 5.41) is 10.9. The standard InChI is InChI=1S/C18H28NO3/c1-2-3-4-5-9-12-15-18(19(21)22)16-13-10-7-6-8-11-14-17-20/h7,9-10,12,16H,2-6,8,11,13-15H2,1H3/b10-7+,12-9+,18-16-. The summed E-state index contributed by atoms with van der Waals surface area (Å²) in [5.74, 6) is 0. The molecule has 0 saturated carbocycles. The zero-order chi connectivity index (χ0) is 16.5. The third-order valence-electron chi connectivity index (χ3n) is 3.26. The molecule has 0 heterocycles. The molecule has 4 heteroatoms. The number of rotatable bonds is 14. The Morgan fingerprint density at radius 2 is 1.73 bits per heavy atom. The van der Waals surface area contributed by atoms with Gasteiger partial charge in [-0.15, -0.1) is 0 Å². The van der Waals surface area contributed by atoms with Crippen molar-refractivity contribution in [1.29, 1.82) is 0 Å². The van der Waals surface area contributed by atoms with Crippen LogP contribution in [0.4, 0.5) is 0 Å². The molecule has 0 aliphatic rings. The first-order chi connectivity index (χ1) is 10.7. The number of nitrogens with zero attached hydrogens (tertiary/aromatic N) is 1. The summed E-state index contributed by atoms with van der Waals surface area (Å²) < 4.78 is 0. The van der Waals surface area contributed by atoms with E-state index >= 15 is 0 Å². The molecule has 0 amide bonds. The molecule has 0 saturated heterocycles. The summed E-state index contributed by atoms with van der Waals surface area (Å²) in [6.07, 6.45) is 20.1. The summed E-state index contributed by atoms with van der Waals surface area (Å²) in [6.45, 7) is 2.16. The molecule has 0 rings (SSSR count).